The van der Waals surface area contributed by atoms with E-state index in [1.165, 1.54) is 0 Å². The van der Waals surface area contributed by atoms with E-state index in [1.807, 2.05) is 18.7 Å². The molecule has 4 heteroatoms. The van der Waals surface area contributed by atoms with Crippen molar-refractivity contribution in [2.75, 3.05) is 11.9 Å². The predicted octanol–water partition coefficient (Wildman–Crippen LogP) is 1.97. The van der Waals surface area contributed by atoms with Gasteiger partial charge in [0.15, 0.2) is 0 Å². The van der Waals surface area contributed by atoms with Gasteiger partial charge in [-0.1, -0.05) is 6.92 Å². The molecule has 0 fully saturated rings. The molecule has 3 nitrogen and oxygen atoms in total. The molecule has 0 saturated heterocycles. The summed E-state index contributed by atoms with van der Waals surface area (Å²) in [7, 11) is 1.95. The molecule has 1 heterocycles. The third-order valence-corrected chi connectivity index (χ3v) is 1.56. The average molecular weight is 190 g/mol. The molecule has 0 unspecified atom stereocenters. The molecule has 1 N–H and O–H groups in total. The Kier molecular flexibility index (Phi) is 4.74. The second kappa shape index (κ2) is 5.04. The lowest BCUT2D eigenvalue weighted by molar-refractivity contribution is 0.756. The fraction of sp³-hybridized carbons (Fsp3) is 0.625. The van der Waals surface area contributed by atoms with E-state index in [1.54, 1.807) is 0 Å². The number of hydrogen-bond acceptors (Lipinski definition) is 2. The summed E-state index contributed by atoms with van der Waals surface area (Å²) in [6.07, 6.45) is 1.14. The van der Waals surface area contributed by atoms with Crippen LogP contribution in [-0.4, -0.2) is 16.3 Å². The van der Waals surface area contributed by atoms with Crippen molar-refractivity contribution in [2.45, 2.75) is 20.3 Å². The van der Waals surface area contributed by atoms with Crippen molar-refractivity contribution in [2.24, 2.45) is 7.05 Å². The van der Waals surface area contributed by atoms with Gasteiger partial charge in [-0.25, -0.2) is 0 Å². The minimum atomic E-state index is 0. The van der Waals surface area contributed by atoms with E-state index in [9.17, 15) is 0 Å². The minimum Gasteiger partial charge on any atom is -0.370 e. The zero-order chi connectivity index (χ0) is 8.27. The first kappa shape index (κ1) is 11.3. The second-order valence-electron chi connectivity index (χ2n) is 2.72. The molecule has 0 radical (unpaired) electrons. The summed E-state index contributed by atoms with van der Waals surface area (Å²) in [4.78, 5) is 0. The molecule has 0 amide bonds. The minimum absolute atomic E-state index is 0. The van der Waals surface area contributed by atoms with E-state index in [0.717, 1.165) is 24.5 Å². The van der Waals surface area contributed by atoms with Gasteiger partial charge in [0.25, 0.3) is 0 Å². The Balaban J connectivity index is 0.00000121. The van der Waals surface area contributed by atoms with Gasteiger partial charge in [-0.3, -0.25) is 4.68 Å². The SMILES string of the molecule is CCCNc1cc(C)nn1C.Cl. The van der Waals surface area contributed by atoms with Crippen LogP contribution in [0, 0.1) is 6.92 Å². The van der Waals surface area contributed by atoms with Crippen molar-refractivity contribution >= 4 is 18.2 Å². The molecule has 0 spiro atoms. The highest BCUT2D eigenvalue weighted by Crippen LogP contribution is 2.06. The molecule has 0 aromatic carbocycles. The molecule has 1 rings (SSSR count). The second-order valence-corrected chi connectivity index (χ2v) is 2.72. The monoisotopic (exact) mass is 189 g/mol. The lowest BCUT2D eigenvalue weighted by Gasteiger charge is -2.02. The molecule has 0 aliphatic carbocycles. The molecule has 1 aromatic heterocycles. The molecule has 1 aromatic rings. The number of rotatable bonds is 3. The standard InChI is InChI=1S/C8H15N3.ClH/c1-4-5-9-8-6-7(2)10-11(8)3;/h6,9H,4-5H2,1-3H3;1H. The highest BCUT2D eigenvalue weighted by atomic mass is 35.5. The smallest absolute Gasteiger partial charge is 0.124 e. The lowest BCUT2D eigenvalue weighted by atomic mass is 10.4. The van der Waals surface area contributed by atoms with Crippen molar-refractivity contribution in [3.8, 4) is 0 Å². The van der Waals surface area contributed by atoms with Crippen LogP contribution in [0.5, 0.6) is 0 Å². The summed E-state index contributed by atoms with van der Waals surface area (Å²) in [6.45, 7) is 5.16. The van der Waals surface area contributed by atoms with Crippen LogP contribution in [0.4, 0.5) is 5.82 Å². The first-order valence-corrected chi connectivity index (χ1v) is 3.98. The van der Waals surface area contributed by atoms with E-state index in [4.69, 9.17) is 0 Å². The first-order valence-electron chi connectivity index (χ1n) is 3.98. The van der Waals surface area contributed by atoms with Gasteiger partial charge < -0.3 is 5.32 Å². The van der Waals surface area contributed by atoms with Gasteiger partial charge >= 0.3 is 0 Å². The number of aryl methyl sites for hydroxylation is 2. The van der Waals surface area contributed by atoms with Crippen molar-refractivity contribution < 1.29 is 0 Å². The molecule has 0 bridgehead atoms. The Labute approximate surface area is 79.6 Å². The maximum absolute atomic E-state index is 4.22. The lowest BCUT2D eigenvalue weighted by Crippen LogP contribution is -2.04. The average Bonchev–Trinajstić information content (AvgIpc) is 2.26. The van der Waals surface area contributed by atoms with Crippen molar-refractivity contribution in [3.05, 3.63) is 11.8 Å². The van der Waals surface area contributed by atoms with Gasteiger partial charge in [0.2, 0.25) is 0 Å². The van der Waals surface area contributed by atoms with Crippen LogP contribution in [0.1, 0.15) is 19.0 Å². The van der Waals surface area contributed by atoms with Gasteiger partial charge in [-0.2, -0.15) is 5.10 Å². The number of halogens is 1. The Bertz CT molecular complexity index is 232. The number of anilines is 1. The number of aromatic nitrogens is 2. The number of nitrogens with zero attached hydrogens (tertiary/aromatic N) is 2. The van der Waals surface area contributed by atoms with Gasteiger partial charge in [-0.15, -0.1) is 12.4 Å². The fourth-order valence-electron chi connectivity index (χ4n) is 1.03. The molecule has 0 aliphatic rings. The van der Waals surface area contributed by atoms with E-state index in [2.05, 4.69) is 23.4 Å². The highest BCUT2D eigenvalue weighted by molar-refractivity contribution is 5.85. The van der Waals surface area contributed by atoms with E-state index in [0.29, 0.717) is 0 Å². The van der Waals surface area contributed by atoms with Crippen LogP contribution in [0.2, 0.25) is 0 Å². The van der Waals surface area contributed by atoms with Crippen LogP contribution in [0.25, 0.3) is 0 Å². The van der Waals surface area contributed by atoms with E-state index >= 15 is 0 Å². The topological polar surface area (TPSA) is 29.9 Å². The zero-order valence-corrected chi connectivity index (χ0v) is 8.61. The van der Waals surface area contributed by atoms with Crippen molar-refractivity contribution in [3.63, 3.8) is 0 Å². The maximum Gasteiger partial charge on any atom is 0.124 e. The van der Waals surface area contributed by atoms with Crippen molar-refractivity contribution in [1.29, 1.82) is 0 Å². The summed E-state index contributed by atoms with van der Waals surface area (Å²) >= 11 is 0. The maximum atomic E-state index is 4.22. The zero-order valence-electron chi connectivity index (χ0n) is 7.79. The van der Waals surface area contributed by atoms with Crippen LogP contribution in [0.15, 0.2) is 6.07 Å². The highest BCUT2D eigenvalue weighted by Gasteiger charge is 1.98. The number of nitrogens with one attached hydrogen (secondary N) is 1. The van der Waals surface area contributed by atoms with Gasteiger partial charge in [0.05, 0.1) is 5.69 Å². The van der Waals surface area contributed by atoms with Gasteiger partial charge in [0.1, 0.15) is 5.82 Å². The Hall–Kier alpha value is -0.700. The largest absolute Gasteiger partial charge is 0.370 e. The molecule has 0 atom stereocenters. The van der Waals surface area contributed by atoms with Crippen LogP contribution < -0.4 is 5.32 Å². The summed E-state index contributed by atoms with van der Waals surface area (Å²) in [5.74, 6) is 1.10. The summed E-state index contributed by atoms with van der Waals surface area (Å²) in [5.41, 5.74) is 1.06. The van der Waals surface area contributed by atoms with Crippen LogP contribution in [0.3, 0.4) is 0 Å². The molecule has 12 heavy (non-hydrogen) atoms. The fourth-order valence-corrected chi connectivity index (χ4v) is 1.03. The third kappa shape index (κ3) is 2.74. The third-order valence-electron chi connectivity index (χ3n) is 1.56. The van der Waals surface area contributed by atoms with E-state index in [-0.39, 0.29) is 12.4 Å². The molecular weight excluding hydrogens is 174 g/mol. The first-order chi connectivity index (χ1) is 5.24. The van der Waals surface area contributed by atoms with Crippen molar-refractivity contribution in [1.82, 2.24) is 9.78 Å². The van der Waals surface area contributed by atoms with Crippen LogP contribution >= 0.6 is 12.4 Å². The quantitative estimate of drug-likeness (QED) is 0.788. The number of hydrogen-bond donors (Lipinski definition) is 1. The predicted molar refractivity (Wildman–Crippen MR) is 54.0 cm³/mol. The Morgan fingerprint density at radius 2 is 2.25 bits per heavy atom. The van der Waals surface area contributed by atoms with Gasteiger partial charge in [0, 0.05) is 19.7 Å². The van der Waals surface area contributed by atoms with E-state index < -0.39 is 0 Å². The normalized spacial score (nSPS) is 9.25. The summed E-state index contributed by atoms with van der Waals surface area (Å²) in [6, 6.07) is 2.05. The molecule has 0 saturated carbocycles. The summed E-state index contributed by atoms with van der Waals surface area (Å²) < 4.78 is 1.87. The Morgan fingerprint density at radius 3 is 2.67 bits per heavy atom. The van der Waals surface area contributed by atoms with Crippen LogP contribution in [-0.2, 0) is 7.05 Å². The Morgan fingerprint density at radius 1 is 1.58 bits per heavy atom. The van der Waals surface area contributed by atoms with Gasteiger partial charge in [-0.05, 0) is 13.3 Å². The molecule has 70 valence electrons. The molecule has 0 aliphatic heterocycles. The summed E-state index contributed by atoms with van der Waals surface area (Å²) in [5, 5.41) is 7.50. The molecular formula is C8H16ClN3.